The highest BCUT2D eigenvalue weighted by Crippen LogP contribution is 2.31. The van der Waals surface area contributed by atoms with Crippen LogP contribution in [-0.2, 0) is 0 Å². The van der Waals surface area contributed by atoms with Gasteiger partial charge in [-0.05, 0) is 18.4 Å². The van der Waals surface area contributed by atoms with Crippen molar-refractivity contribution < 1.29 is 0 Å². The van der Waals surface area contributed by atoms with E-state index in [4.69, 9.17) is 0 Å². The lowest BCUT2D eigenvalue weighted by atomic mass is 10.1. The van der Waals surface area contributed by atoms with Crippen LogP contribution in [0.3, 0.4) is 0 Å². The molecule has 2 heterocycles. The summed E-state index contributed by atoms with van der Waals surface area (Å²) in [5.74, 6) is 0. The van der Waals surface area contributed by atoms with Crippen molar-refractivity contribution in [2.24, 2.45) is 0 Å². The molecule has 0 fully saturated rings. The van der Waals surface area contributed by atoms with Crippen molar-refractivity contribution >= 4 is 11.3 Å². The van der Waals surface area contributed by atoms with Crippen molar-refractivity contribution in [3.05, 3.63) is 53.4 Å². The molecule has 0 radical (unpaired) electrons. The van der Waals surface area contributed by atoms with Crippen molar-refractivity contribution in [3.8, 4) is 21.8 Å². The standard InChI is InChI=1S/C14H12N2S.C2H6/c1-10-13(11-6-3-2-4-7-11)15-16-14(10)12-8-5-9-17-12;1-2/h2-9H,1H3,(H,15,16);1-2H3. The highest BCUT2D eigenvalue weighted by atomic mass is 32.1. The lowest BCUT2D eigenvalue weighted by molar-refractivity contribution is 1.10. The number of aromatic nitrogens is 2. The van der Waals surface area contributed by atoms with Crippen LogP contribution in [-0.4, -0.2) is 10.2 Å². The van der Waals surface area contributed by atoms with E-state index in [2.05, 4.69) is 46.8 Å². The first-order valence-electron chi connectivity index (χ1n) is 6.50. The molecule has 0 amide bonds. The minimum Gasteiger partial charge on any atom is -0.276 e. The number of hydrogen-bond acceptors (Lipinski definition) is 2. The number of thiophene rings is 1. The van der Waals surface area contributed by atoms with Gasteiger partial charge in [0.1, 0.15) is 0 Å². The van der Waals surface area contributed by atoms with E-state index in [1.807, 2.05) is 32.0 Å². The number of nitrogens with one attached hydrogen (secondary N) is 1. The van der Waals surface area contributed by atoms with Crippen LogP contribution in [0.2, 0.25) is 0 Å². The predicted molar refractivity (Wildman–Crippen MR) is 83.4 cm³/mol. The highest BCUT2D eigenvalue weighted by Gasteiger charge is 2.12. The van der Waals surface area contributed by atoms with Crippen molar-refractivity contribution in [2.75, 3.05) is 0 Å². The molecule has 3 aromatic rings. The van der Waals surface area contributed by atoms with E-state index < -0.39 is 0 Å². The van der Waals surface area contributed by atoms with Crippen molar-refractivity contribution in [1.29, 1.82) is 0 Å². The van der Waals surface area contributed by atoms with E-state index in [0.29, 0.717) is 0 Å². The number of nitrogens with zero attached hydrogens (tertiary/aromatic N) is 1. The van der Waals surface area contributed by atoms with Crippen molar-refractivity contribution in [2.45, 2.75) is 20.8 Å². The average Bonchev–Trinajstić information content (AvgIpc) is 3.11. The monoisotopic (exact) mass is 270 g/mol. The van der Waals surface area contributed by atoms with Crippen LogP contribution in [0.4, 0.5) is 0 Å². The van der Waals surface area contributed by atoms with Gasteiger partial charge in [0.25, 0.3) is 0 Å². The molecule has 2 nitrogen and oxygen atoms in total. The SMILES string of the molecule is CC.Cc1c(-c2ccccc2)n[nH]c1-c1cccs1. The van der Waals surface area contributed by atoms with Gasteiger partial charge in [-0.3, -0.25) is 5.10 Å². The number of rotatable bonds is 2. The summed E-state index contributed by atoms with van der Waals surface area (Å²) < 4.78 is 0. The summed E-state index contributed by atoms with van der Waals surface area (Å²) >= 11 is 1.73. The average molecular weight is 270 g/mol. The zero-order chi connectivity index (χ0) is 13.7. The molecule has 3 heteroatoms. The Morgan fingerprint density at radius 1 is 1.00 bits per heavy atom. The summed E-state index contributed by atoms with van der Waals surface area (Å²) in [7, 11) is 0. The summed E-state index contributed by atoms with van der Waals surface area (Å²) in [5.41, 5.74) is 4.52. The van der Waals surface area contributed by atoms with Crippen LogP contribution in [0, 0.1) is 6.92 Å². The third-order valence-corrected chi connectivity index (χ3v) is 3.71. The molecule has 1 aromatic carbocycles. The first-order valence-corrected chi connectivity index (χ1v) is 7.38. The van der Waals surface area contributed by atoms with Crippen molar-refractivity contribution in [1.82, 2.24) is 10.2 Å². The summed E-state index contributed by atoms with van der Waals surface area (Å²) in [6.45, 7) is 6.11. The number of benzene rings is 1. The Morgan fingerprint density at radius 3 is 2.37 bits per heavy atom. The molecule has 0 aliphatic carbocycles. The van der Waals surface area contributed by atoms with E-state index in [1.54, 1.807) is 11.3 Å². The molecule has 0 aliphatic heterocycles. The molecule has 1 N–H and O–H groups in total. The number of H-pyrrole nitrogens is 1. The van der Waals surface area contributed by atoms with Crippen LogP contribution in [0.5, 0.6) is 0 Å². The lowest BCUT2D eigenvalue weighted by Gasteiger charge is -1.98. The normalized spacial score (nSPS) is 9.84. The van der Waals surface area contributed by atoms with Gasteiger partial charge in [0.2, 0.25) is 0 Å². The Kier molecular flexibility index (Phi) is 4.53. The first-order chi connectivity index (χ1) is 9.36. The van der Waals surface area contributed by atoms with E-state index in [1.165, 1.54) is 10.4 Å². The highest BCUT2D eigenvalue weighted by molar-refractivity contribution is 7.13. The topological polar surface area (TPSA) is 28.7 Å². The molecular formula is C16H18N2S. The van der Waals surface area contributed by atoms with Gasteiger partial charge in [0.15, 0.2) is 0 Å². The second kappa shape index (κ2) is 6.34. The van der Waals surface area contributed by atoms with E-state index in [9.17, 15) is 0 Å². The maximum absolute atomic E-state index is 4.42. The summed E-state index contributed by atoms with van der Waals surface area (Å²) in [5, 5.41) is 9.64. The molecule has 0 spiro atoms. The lowest BCUT2D eigenvalue weighted by Crippen LogP contribution is -1.80. The zero-order valence-electron chi connectivity index (χ0n) is 11.5. The number of aromatic amines is 1. The molecule has 0 atom stereocenters. The van der Waals surface area contributed by atoms with Gasteiger partial charge in [0.05, 0.1) is 16.3 Å². The summed E-state index contributed by atoms with van der Waals surface area (Å²) in [6.07, 6.45) is 0. The van der Waals surface area contributed by atoms with Crippen molar-refractivity contribution in [3.63, 3.8) is 0 Å². The maximum Gasteiger partial charge on any atom is 0.0956 e. The third-order valence-electron chi connectivity index (χ3n) is 2.82. The van der Waals surface area contributed by atoms with E-state index in [0.717, 1.165) is 17.0 Å². The zero-order valence-corrected chi connectivity index (χ0v) is 12.3. The maximum atomic E-state index is 4.42. The molecule has 0 saturated heterocycles. The smallest absolute Gasteiger partial charge is 0.0956 e. The van der Waals surface area contributed by atoms with Gasteiger partial charge in [-0.2, -0.15) is 5.10 Å². The fourth-order valence-electron chi connectivity index (χ4n) is 1.94. The molecule has 2 aromatic heterocycles. The van der Waals surface area contributed by atoms with Gasteiger partial charge < -0.3 is 0 Å². The second-order valence-corrected chi connectivity index (χ2v) is 4.86. The van der Waals surface area contributed by atoms with Crippen LogP contribution in [0.15, 0.2) is 47.8 Å². The van der Waals surface area contributed by atoms with Gasteiger partial charge in [-0.1, -0.05) is 50.2 Å². The molecule has 19 heavy (non-hydrogen) atoms. The largest absolute Gasteiger partial charge is 0.276 e. The Labute approximate surface area is 118 Å². The molecule has 98 valence electrons. The molecule has 0 unspecified atom stereocenters. The van der Waals surface area contributed by atoms with Crippen LogP contribution >= 0.6 is 11.3 Å². The fraction of sp³-hybridized carbons (Fsp3) is 0.188. The molecule has 3 rings (SSSR count). The Balaban J connectivity index is 0.000000637. The Morgan fingerprint density at radius 2 is 1.74 bits per heavy atom. The Bertz CT molecular complexity index is 610. The van der Waals surface area contributed by atoms with E-state index >= 15 is 0 Å². The quantitative estimate of drug-likeness (QED) is 0.686. The fourth-order valence-corrected chi connectivity index (χ4v) is 2.71. The molecular weight excluding hydrogens is 252 g/mol. The van der Waals surface area contributed by atoms with E-state index in [-0.39, 0.29) is 0 Å². The molecule has 0 aliphatic rings. The Hall–Kier alpha value is -1.87. The molecule has 0 bridgehead atoms. The van der Waals surface area contributed by atoms with Gasteiger partial charge in [-0.25, -0.2) is 0 Å². The van der Waals surface area contributed by atoms with Gasteiger partial charge >= 0.3 is 0 Å². The summed E-state index contributed by atoms with van der Waals surface area (Å²) in [4.78, 5) is 1.23. The predicted octanol–water partition coefficient (Wildman–Crippen LogP) is 5.14. The van der Waals surface area contributed by atoms with Crippen LogP contribution in [0.1, 0.15) is 19.4 Å². The second-order valence-electron chi connectivity index (χ2n) is 3.92. The minimum atomic E-state index is 1.04. The minimum absolute atomic E-state index is 1.04. The molecule has 0 saturated carbocycles. The van der Waals surface area contributed by atoms with Crippen LogP contribution in [0.25, 0.3) is 21.8 Å². The third kappa shape index (κ3) is 2.76. The summed E-state index contributed by atoms with van der Waals surface area (Å²) in [6, 6.07) is 14.4. The first kappa shape index (κ1) is 13.6. The van der Waals surface area contributed by atoms with Gasteiger partial charge in [-0.15, -0.1) is 11.3 Å². The van der Waals surface area contributed by atoms with Gasteiger partial charge in [0, 0.05) is 11.1 Å². The number of hydrogen-bond donors (Lipinski definition) is 1. The van der Waals surface area contributed by atoms with Crippen LogP contribution < -0.4 is 0 Å².